The molecule has 0 saturated carbocycles. The summed E-state index contributed by atoms with van der Waals surface area (Å²) in [5.41, 5.74) is -0.0609. The van der Waals surface area contributed by atoms with Crippen molar-refractivity contribution in [3.63, 3.8) is 0 Å². The van der Waals surface area contributed by atoms with E-state index in [0.29, 0.717) is 6.42 Å². The number of aliphatic carboxylic acids is 2. The molecule has 0 spiro atoms. The number of hydrogen-bond donors (Lipinski definition) is 3. The molecule has 1 aliphatic rings. The van der Waals surface area contributed by atoms with Gasteiger partial charge in [0.2, 0.25) is 0 Å². The molecule has 0 fully saturated rings. The molecule has 1 aliphatic heterocycles. The summed E-state index contributed by atoms with van der Waals surface area (Å²) in [7, 11) is 0. The van der Waals surface area contributed by atoms with Crippen molar-refractivity contribution in [1.82, 2.24) is 5.32 Å². The van der Waals surface area contributed by atoms with Gasteiger partial charge in [-0.3, -0.25) is 0 Å². The maximum absolute atomic E-state index is 10.8. The Kier molecular flexibility index (Phi) is 2.51. The van der Waals surface area contributed by atoms with E-state index in [0.717, 1.165) is 11.8 Å². The molecular formula is C7H9NO4S. The van der Waals surface area contributed by atoms with Crippen LogP contribution in [0.2, 0.25) is 0 Å². The maximum atomic E-state index is 10.8. The van der Waals surface area contributed by atoms with Crippen molar-refractivity contribution in [3.05, 3.63) is 11.1 Å². The maximum Gasteiger partial charge on any atom is 0.352 e. The lowest BCUT2D eigenvalue weighted by Crippen LogP contribution is -2.46. The molecular weight excluding hydrogens is 194 g/mol. The number of nitrogens with one attached hydrogen (secondary N) is 1. The van der Waals surface area contributed by atoms with Gasteiger partial charge in [-0.05, 0) is 6.42 Å². The van der Waals surface area contributed by atoms with Crippen LogP contribution in [0.5, 0.6) is 0 Å². The third-order valence-corrected chi connectivity index (χ3v) is 3.11. The molecule has 0 aromatic rings. The summed E-state index contributed by atoms with van der Waals surface area (Å²) in [5.74, 6) is -2.18. The quantitative estimate of drug-likeness (QED) is 0.617. The fourth-order valence-corrected chi connectivity index (χ4v) is 1.88. The predicted molar refractivity (Wildman–Crippen MR) is 47.1 cm³/mol. The lowest BCUT2D eigenvalue weighted by molar-refractivity contribution is -0.140. The average molecular weight is 203 g/mol. The van der Waals surface area contributed by atoms with Gasteiger partial charge in [-0.2, -0.15) is 0 Å². The van der Waals surface area contributed by atoms with E-state index in [1.165, 1.54) is 5.41 Å². The van der Waals surface area contributed by atoms with Gasteiger partial charge in [-0.25, -0.2) is 9.59 Å². The highest BCUT2D eigenvalue weighted by atomic mass is 32.2. The molecule has 1 rings (SSSR count). The molecule has 0 aromatic carbocycles. The molecule has 0 bridgehead atoms. The number of rotatable bonds is 3. The Morgan fingerprint density at radius 1 is 1.62 bits per heavy atom. The molecule has 0 saturated heterocycles. The highest BCUT2D eigenvalue weighted by molar-refractivity contribution is 8.04. The molecule has 0 amide bonds. The van der Waals surface area contributed by atoms with E-state index in [1.54, 1.807) is 6.92 Å². The van der Waals surface area contributed by atoms with Gasteiger partial charge >= 0.3 is 11.9 Å². The van der Waals surface area contributed by atoms with E-state index >= 15 is 0 Å². The van der Waals surface area contributed by atoms with Crippen LogP contribution in [0.15, 0.2) is 11.1 Å². The molecule has 1 heterocycles. The molecule has 0 aromatic heterocycles. The largest absolute Gasteiger partial charge is 0.479 e. The molecule has 0 aliphatic carbocycles. The summed E-state index contributed by atoms with van der Waals surface area (Å²) in [4.78, 5) is 20.1. The summed E-state index contributed by atoms with van der Waals surface area (Å²) in [6.45, 7) is 1.69. The molecule has 72 valence electrons. The zero-order valence-corrected chi connectivity index (χ0v) is 7.72. The molecule has 1 unspecified atom stereocenters. The Hall–Kier alpha value is -1.17. The number of carbonyl (C=O) groups is 2. The highest BCUT2D eigenvalue weighted by Gasteiger charge is 2.42. The van der Waals surface area contributed by atoms with Crippen LogP contribution in [0.4, 0.5) is 0 Å². The van der Waals surface area contributed by atoms with E-state index in [4.69, 9.17) is 10.2 Å². The second kappa shape index (κ2) is 3.29. The number of carboxylic acids is 2. The standard InChI is InChI=1S/C7H9NO4S/c1-2-7(6(11)12)8-4(3-13-7)5(9)10/h3,8H,2H2,1H3,(H,9,10)(H,11,12). The topological polar surface area (TPSA) is 86.6 Å². The monoisotopic (exact) mass is 203 g/mol. The molecule has 3 N–H and O–H groups in total. The Labute approximate surface area is 78.8 Å². The minimum Gasteiger partial charge on any atom is -0.479 e. The van der Waals surface area contributed by atoms with Crippen molar-refractivity contribution in [3.8, 4) is 0 Å². The van der Waals surface area contributed by atoms with Crippen molar-refractivity contribution in [2.45, 2.75) is 18.2 Å². The van der Waals surface area contributed by atoms with Crippen LogP contribution >= 0.6 is 11.8 Å². The first-order chi connectivity index (χ1) is 6.02. The van der Waals surface area contributed by atoms with Crippen molar-refractivity contribution >= 4 is 23.7 Å². The normalized spacial score (nSPS) is 26.4. The summed E-state index contributed by atoms with van der Waals surface area (Å²) >= 11 is 0.981. The van der Waals surface area contributed by atoms with Gasteiger partial charge < -0.3 is 15.5 Å². The molecule has 0 radical (unpaired) electrons. The first kappa shape index (κ1) is 9.91. The Morgan fingerprint density at radius 2 is 2.23 bits per heavy atom. The van der Waals surface area contributed by atoms with Crippen LogP contribution in [0, 0.1) is 0 Å². The smallest absolute Gasteiger partial charge is 0.352 e. The Bertz CT molecular complexity index is 288. The van der Waals surface area contributed by atoms with E-state index in [-0.39, 0.29) is 5.70 Å². The average Bonchev–Trinajstić information content (AvgIpc) is 2.49. The SMILES string of the molecule is CCC1(C(=O)O)NC(C(=O)O)=CS1. The first-order valence-corrected chi connectivity index (χ1v) is 4.52. The zero-order chi connectivity index (χ0) is 10.1. The van der Waals surface area contributed by atoms with Crippen LogP contribution in [0.3, 0.4) is 0 Å². The van der Waals surface area contributed by atoms with E-state index in [2.05, 4.69) is 5.32 Å². The minimum absolute atomic E-state index is 0.0609. The second-order valence-electron chi connectivity index (χ2n) is 2.57. The lowest BCUT2D eigenvalue weighted by Gasteiger charge is -2.22. The van der Waals surface area contributed by atoms with Crippen LogP contribution < -0.4 is 5.32 Å². The van der Waals surface area contributed by atoms with Crippen molar-refractivity contribution < 1.29 is 19.8 Å². The third-order valence-electron chi connectivity index (χ3n) is 1.79. The van der Waals surface area contributed by atoms with Gasteiger partial charge in [0.25, 0.3) is 0 Å². The van der Waals surface area contributed by atoms with Gasteiger partial charge in [-0.1, -0.05) is 18.7 Å². The van der Waals surface area contributed by atoms with E-state index in [9.17, 15) is 9.59 Å². The molecule has 6 heteroatoms. The van der Waals surface area contributed by atoms with E-state index in [1.807, 2.05) is 0 Å². The van der Waals surface area contributed by atoms with Gasteiger partial charge in [0, 0.05) is 5.41 Å². The number of hydrogen-bond acceptors (Lipinski definition) is 4. The highest BCUT2D eigenvalue weighted by Crippen LogP contribution is 2.34. The zero-order valence-electron chi connectivity index (χ0n) is 6.90. The summed E-state index contributed by atoms with van der Waals surface area (Å²) in [6, 6.07) is 0. The van der Waals surface area contributed by atoms with Gasteiger partial charge in [0.15, 0.2) is 4.87 Å². The van der Waals surface area contributed by atoms with Gasteiger partial charge in [-0.15, -0.1) is 0 Å². The fourth-order valence-electron chi connectivity index (χ4n) is 0.967. The Morgan fingerprint density at radius 3 is 2.46 bits per heavy atom. The molecule has 1 atom stereocenters. The minimum atomic E-state index is -1.20. The summed E-state index contributed by atoms with van der Waals surface area (Å²) in [5, 5.41) is 21.2. The molecule has 5 nitrogen and oxygen atoms in total. The lowest BCUT2D eigenvalue weighted by atomic mass is 10.2. The van der Waals surface area contributed by atoms with Gasteiger partial charge in [0.05, 0.1) is 0 Å². The number of thioether (sulfide) groups is 1. The molecule has 13 heavy (non-hydrogen) atoms. The van der Waals surface area contributed by atoms with Crippen molar-refractivity contribution in [1.29, 1.82) is 0 Å². The van der Waals surface area contributed by atoms with Crippen LogP contribution in [0.1, 0.15) is 13.3 Å². The fraction of sp³-hybridized carbons (Fsp3) is 0.429. The van der Waals surface area contributed by atoms with Crippen LogP contribution in [-0.4, -0.2) is 27.0 Å². The third kappa shape index (κ3) is 1.62. The number of carboxylic acid groups (broad SMARTS) is 2. The first-order valence-electron chi connectivity index (χ1n) is 3.64. The van der Waals surface area contributed by atoms with Gasteiger partial charge in [0.1, 0.15) is 5.70 Å². The van der Waals surface area contributed by atoms with Crippen molar-refractivity contribution in [2.24, 2.45) is 0 Å². The van der Waals surface area contributed by atoms with Crippen LogP contribution in [0.25, 0.3) is 0 Å². The predicted octanol–water partition coefficient (Wildman–Crippen LogP) is 0.440. The van der Waals surface area contributed by atoms with Crippen LogP contribution in [-0.2, 0) is 9.59 Å². The second-order valence-corrected chi connectivity index (χ2v) is 3.73. The van der Waals surface area contributed by atoms with Crippen molar-refractivity contribution in [2.75, 3.05) is 0 Å². The summed E-state index contributed by atoms with van der Waals surface area (Å²) < 4.78 is 0. The summed E-state index contributed by atoms with van der Waals surface area (Å²) in [6.07, 6.45) is 0.320. The van der Waals surface area contributed by atoms with E-state index < -0.39 is 16.8 Å². The Balaban J connectivity index is 2.81.